The zero-order valence-corrected chi connectivity index (χ0v) is 11.8. The van der Waals surface area contributed by atoms with Crippen molar-refractivity contribution in [3.8, 4) is 0 Å². The van der Waals surface area contributed by atoms with Crippen LogP contribution in [0.15, 0.2) is 51.8 Å². The number of hydrogen-bond donors (Lipinski definition) is 1. The van der Waals surface area contributed by atoms with Gasteiger partial charge in [-0.25, -0.2) is 17.2 Å². The number of rotatable bonds is 3. The van der Waals surface area contributed by atoms with E-state index >= 15 is 0 Å². The lowest BCUT2D eigenvalue weighted by Gasteiger charge is -2.08. The molecule has 1 N–H and O–H groups in total. The van der Waals surface area contributed by atoms with Crippen LogP contribution in [-0.4, -0.2) is 8.42 Å². The first kappa shape index (κ1) is 14.0. The Morgan fingerprint density at radius 3 is 2.00 bits per heavy atom. The van der Waals surface area contributed by atoms with Crippen molar-refractivity contribution in [3.63, 3.8) is 0 Å². The maximum atomic E-state index is 13.0. The summed E-state index contributed by atoms with van der Waals surface area (Å²) in [5, 5.41) is 0. The van der Waals surface area contributed by atoms with Gasteiger partial charge in [-0.1, -0.05) is 15.9 Å². The van der Waals surface area contributed by atoms with Crippen molar-refractivity contribution in [1.82, 2.24) is 0 Å². The fourth-order valence-corrected chi connectivity index (χ4v) is 2.75. The fourth-order valence-electron chi connectivity index (χ4n) is 1.44. The van der Waals surface area contributed by atoms with Gasteiger partial charge >= 0.3 is 0 Å². The molecule has 2 aromatic rings. The molecule has 0 saturated heterocycles. The molecule has 0 bridgehead atoms. The molecule has 0 aromatic heterocycles. The number of benzene rings is 2. The summed E-state index contributed by atoms with van der Waals surface area (Å²) in [7, 11) is -3.87. The Labute approximate surface area is 117 Å². The second-order valence-corrected chi connectivity index (χ2v) is 6.32. The number of anilines is 1. The van der Waals surface area contributed by atoms with E-state index in [0.717, 1.165) is 16.6 Å². The van der Waals surface area contributed by atoms with Crippen molar-refractivity contribution in [2.75, 3.05) is 4.72 Å². The third kappa shape index (κ3) is 3.51. The first-order chi connectivity index (χ1) is 8.87. The van der Waals surface area contributed by atoms with E-state index in [4.69, 9.17) is 0 Å². The number of nitrogens with one attached hydrogen (secondary N) is 1. The minimum absolute atomic E-state index is 0.000342. The number of sulfonamides is 1. The van der Waals surface area contributed by atoms with Crippen LogP contribution >= 0.6 is 15.9 Å². The monoisotopic (exact) mass is 347 g/mol. The summed E-state index contributed by atoms with van der Waals surface area (Å²) >= 11 is 3.18. The van der Waals surface area contributed by atoms with Crippen LogP contribution in [0.3, 0.4) is 0 Å². The lowest BCUT2D eigenvalue weighted by atomic mass is 10.3. The molecule has 0 aliphatic rings. The van der Waals surface area contributed by atoms with Crippen molar-refractivity contribution in [2.45, 2.75) is 4.90 Å². The minimum Gasteiger partial charge on any atom is -0.279 e. The highest BCUT2D eigenvalue weighted by molar-refractivity contribution is 9.10. The largest absolute Gasteiger partial charge is 0.279 e. The van der Waals surface area contributed by atoms with E-state index in [0.29, 0.717) is 6.07 Å². The Balaban J connectivity index is 2.33. The van der Waals surface area contributed by atoms with Gasteiger partial charge in [-0.15, -0.1) is 0 Å². The molecule has 0 aliphatic heterocycles. The van der Waals surface area contributed by atoms with Crippen LogP contribution < -0.4 is 4.72 Å². The average Bonchev–Trinajstić information content (AvgIpc) is 2.27. The molecule has 0 amide bonds. The van der Waals surface area contributed by atoms with Crippen molar-refractivity contribution in [1.29, 1.82) is 0 Å². The van der Waals surface area contributed by atoms with E-state index in [2.05, 4.69) is 20.7 Å². The molecule has 2 rings (SSSR count). The molecule has 0 unspecified atom stereocenters. The first-order valence-corrected chi connectivity index (χ1v) is 7.39. The van der Waals surface area contributed by atoms with Crippen molar-refractivity contribution < 1.29 is 17.2 Å². The Hall–Kier alpha value is -1.47. The summed E-state index contributed by atoms with van der Waals surface area (Å²) in [6.45, 7) is 0. The highest BCUT2D eigenvalue weighted by atomic mass is 79.9. The van der Waals surface area contributed by atoms with E-state index < -0.39 is 21.7 Å². The third-order valence-electron chi connectivity index (χ3n) is 2.24. The lowest BCUT2D eigenvalue weighted by molar-refractivity contribution is 0.584. The maximum Gasteiger partial charge on any atom is 0.261 e. The van der Waals surface area contributed by atoms with Crippen LogP contribution in [0.4, 0.5) is 14.5 Å². The smallest absolute Gasteiger partial charge is 0.261 e. The second kappa shape index (κ2) is 5.26. The third-order valence-corrected chi connectivity index (χ3v) is 4.16. The quantitative estimate of drug-likeness (QED) is 0.923. The summed E-state index contributed by atoms with van der Waals surface area (Å²) in [6.07, 6.45) is 0. The van der Waals surface area contributed by atoms with Gasteiger partial charge in [0.2, 0.25) is 0 Å². The predicted molar refractivity (Wildman–Crippen MR) is 71.3 cm³/mol. The Kier molecular flexibility index (Phi) is 3.86. The van der Waals surface area contributed by atoms with Crippen molar-refractivity contribution >= 4 is 31.6 Å². The van der Waals surface area contributed by atoms with Crippen LogP contribution in [0.5, 0.6) is 0 Å². The van der Waals surface area contributed by atoms with Crippen LogP contribution in [-0.2, 0) is 10.0 Å². The van der Waals surface area contributed by atoms with Crippen molar-refractivity contribution in [3.05, 3.63) is 58.6 Å². The van der Waals surface area contributed by atoms with Crippen LogP contribution in [0.1, 0.15) is 0 Å². The molecule has 0 radical (unpaired) electrons. The van der Waals surface area contributed by atoms with Gasteiger partial charge in [0.25, 0.3) is 10.0 Å². The highest BCUT2D eigenvalue weighted by Crippen LogP contribution is 2.20. The Bertz CT molecular complexity index is 682. The molecule has 0 fully saturated rings. The summed E-state index contributed by atoms with van der Waals surface area (Å²) in [5.74, 6) is -1.71. The van der Waals surface area contributed by atoms with Gasteiger partial charge < -0.3 is 0 Å². The van der Waals surface area contributed by atoms with E-state index in [9.17, 15) is 17.2 Å². The van der Waals surface area contributed by atoms with Gasteiger partial charge in [-0.05, 0) is 36.4 Å². The van der Waals surface area contributed by atoms with E-state index in [-0.39, 0.29) is 10.6 Å². The molecule has 2 aromatic carbocycles. The van der Waals surface area contributed by atoms with Gasteiger partial charge in [-0.3, -0.25) is 4.72 Å². The van der Waals surface area contributed by atoms with Gasteiger partial charge in [0, 0.05) is 10.5 Å². The summed E-state index contributed by atoms with van der Waals surface area (Å²) in [4.78, 5) is 0.000342. The SMILES string of the molecule is O=S(=O)(Nc1cc(F)cc(F)c1)c1ccc(Br)cc1. The zero-order valence-electron chi connectivity index (χ0n) is 9.40. The second-order valence-electron chi connectivity index (χ2n) is 3.72. The average molecular weight is 348 g/mol. The molecular weight excluding hydrogens is 340 g/mol. The molecule has 100 valence electrons. The molecule has 19 heavy (non-hydrogen) atoms. The predicted octanol–water partition coefficient (Wildman–Crippen LogP) is 3.53. The summed E-state index contributed by atoms with van der Waals surface area (Å²) in [6, 6.07) is 8.34. The van der Waals surface area contributed by atoms with Gasteiger partial charge in [-0.2, -0.15) is 0 Å². The molecule has 7 heteroatoms. The molecule has 0 atom stereocenters. The van der Waals surface area contributed by atoms with Crippen LogP contribution in [0, 0.1) is 11.6 Å². The highest BCUT2D eigenvalue weighted by Gasteiger charge is 2.14. The van der Waals surface area contributed by atoms with Crippen LogP contribution in [0.2, 0.25) is 0 Å². The van der Waals surface area contributed by atoms with Crippen molar-refractivity contribution in [2.24, 2.45) is 0 Å². The van der Waals surface area contributed by atoms with Gasteiger partial charge in [0.15, 0.2) is 0 Å². The summed E-state index contributed by atoms with van der Waals surface area (Å²) < 4.78 is 52.7. The lowest BCUT2D eigenvalue weighted by Crippen LogP contribution is -2.13. The molecule has 0 spiro atoms. The maximum absolute atomic E-state index is 13.0. The number of halogens is 3. The molecular formula is C12H8BrF2NO2S. The molecule has 0 aliphatic carbocycles. The standard InChI is InChI=1S/C12H8BrF2NO2S/c13-8-1-3-12(4-2-8)19(17,18)16-11-6-9(14)5-10(15)7-11/h1-7,16H. The zero-order chi connectivity index (χ0) is 14.0. The molecule has 3 nitrogen and oxygen atoms in total. The normalized spacial score (nSPS) is 11.3. The van der Waals surface area contributed by atoms with E-state index in [1.54, 1.807) is 12.1 Å². The van der Waals surface area contributed by atoms with Gasteiger partial charge in [0.1, 0.15) is 11.6 Å². The molecule has 0 saturated carbocycles. The Morgan fingerprint density at radius 1 is 0.947 bits per heavy atom. The van der Waals surface area contributed by atoms with Crippen LogP contribution in [0.25, 0.3) is 0 Å². The minimum atomic E-state index is -3.87. The van der Waals surface area contributed by atoms with E-state index in [1.807, 2.05) is 0 Å². The Morgan fingerprint density at radius 2 is 1.47 bits per heavy atom. The topological polar surface area (TPSA) is 46.2 Å². The number of hydrogen-bond acceptors (Lipinski definition) is 2. The van der Waals surface area contributed by atoms with Gasteiger partial charge in [0.05, 0.1) is 10.6 Å². The fraction of sp³-hybridized carbons (Fsp3) is 0. The van der Waals surface area contributed by atoms with E-state index in [1.165, 1.54) is 12.1 Å². The first-order valence-electron chi connectivity index (χ1n) is 5.11. The summed E-state index contributed by atoms with van der Waals surface area (Å²) in [5.41, 5.74) is -0.166. The molecule has 0 heterocycles.